The van der Waals surface area contributed by atoms with Gasteiger partial charge in [-0.1, -0.05) is 13.8 Å². The van der Waals surface area contributed by atoms with Crippen molar-refractivity contribution in [3.63, 3.8) is 0 Å². The van der Waals surface area contributed by atoms with E-state index >= 15 is 0 Å². The number of carbonyl (C=O) groups is 4. The highest BCUT2D eigenvalue weighted by molar-refractivity contribution is 5.86. The Balaban J connectivity index is 2.50. The molecule has 0 heterocycles. The molecule has 32 heavy (non-hydrogen) atoms. The summed E-state index contributed by atoms with van der Waals surface area (Å²) < 4.78 is 5.23. The number of carboxylic acid groups (broad SMARTS) is 1. The molecular weight excluding hydrogens is 418 g/mol. The number of ether oxygens (including phenoxy) is 1. The van der Waals surface area contributed by atoms with Gasteiger partial charge in [0.05, 0.1) is 6.10 Å². The van der Waals surface area contributed by atoms with Crippen molar-refractivity contribution in [2.24, 2.45) is 17.8 Å². The molecule has 3 amide bonds. The van der Waals surface area contributed by atoms with Gasteiger partial charge in [0.1, 0.15) is 11.6 Å². The van der Waals surface area contributed by atoms with Crippen molar-refractivity contribution in [3.8, 4) is 0 Å². The van der Waals surface area contributed by atoms with Crippen LogP contribution in [0.2, 0.25) is 0 Å². The van der Waals surface area contributed by atoms with Gasteiger partial charge in [-0.25, -0.2) is 9.59 Å². The summed E-state index contributed by atoms with van der Waals surface area (Å²) in [6.45, 7) is 10.7. The van der Waals surface area contributed by atoms with Crippen molar-refractivity contribution in [1.29, 1.82) is 0 Å². The molecule has 1 fully saturated rings. The van der Waals surface area contributed by atoms with Crippen LogP contribution in [0.25, 0.3) is 0 Å². The number of carbonyl (C=O) groups excluding carboxylic acids is 3. The zero-order valence-corrected chi connectivity index (χ0v) is 19.9. The van der Waals surface area contributed by atoms with Crippen molar-refractivity contribution in [2.75, 3.05) is 6.54 Å². The first-order valence-corrected chi connectivity index (χ1v) is 11.2. The Labute approximate surface area is 189 Å². The fourth-order valence-electron chi connectivity index (χ4n) is 3.61. The average molecular weight is 458 g/mol. The Morgan fingerprint density at radius 1 is 0.969 bits per heavy atom. The van der Waals surface area contributed by atoms with Gasteiger partial charge < -0.3 is 30.9 Å². The minimum absolute atomic E-state index is 0.127. The molecule has 0 aromatic rings. The minimum Gasteiger partial charge on any atom is -0.480 e. The van der Waals surface area contributed by atoms with Gasteiger partial charge in [0, 0.05) is 12.5 Å². The van der Waals surface area contributed by atoms with E-state index in [2.05, 4.69) is 16.0 Å². The van der Waals surface area contributed by atoms with Crippen LogP contribution in [0, 0.1) is 17.8 Å². The predicted molar refractivity (Wildman–Crippen MR) is 118 cm³/mol. The lowest BCUT2D eigenvalue weighted by atomic mass is 9.81. The van der Waals surface area contributed by atoms with Crippen LogP contribution >= 0.6 is 0 Å². The highest BCUT2D eigenvalue weighted by atomic mass is 16.6. The molecule has 5 N–H and O–H groups in total. The van der Waals surface area contributed by atoms with Crippen LogP contribution in [0.4, 0.5) is 4.79 Å². The number of aliphatic hydroxyl groups excluding tert-OH is 1. The molecule has 184 valence electrons. The summed E-state index contributed by atoms with van der Waals surface area (Å²) in [5, 5.41) is 26.5. The minimum atomic E-state index is -1.33. The summed E-state index contributed by atoms with van der Waals surface area (Å²) in [5.74, 6) is -2.19. The SMILES string of the molecule is CC(C)[C@H](NC(=O)OC(C)(C)C)C(=O)NCC1CCC(C(=O)N[C@H](C(=O)O)[C@@H](C)O)CC1. The third-order valence-corrected chi connectivity index (χ3v) is 5.45. The van der Waals surface area contributed by atoms with Crippen LogP contribution in [0.1, 0.15) is 67.2 Å². The molecule has 1 rings (SSSR count). The summed E-state index contributed by atoms with van der Waals surface area (Å²) >= 11 is 0. The number of hydrogen-bond acceptors (Lipinski definition) is 6. The number of rotatable bonds is 9. The lowest BCUT2D eigenvalue weighted by Crippen LogP contribution is -2.52. The monoisotopic (exact) mass is 457 g/mol. The Kier molecular flexibility index (Phi) is 10.4. The second-order valence-corrected chi connectivity index (χ2v) is 9.90. The summed E-state index contributed by atoms with van der Waals surface area (Å²) in [7, 11) is 0. The molecule has 0 saturated heterocycles. The highest BCUT2D eigenvalue weighted by Crippen LogP contribution is 2.28. The average Bonchev–Trinajstić information content (AvgIpc) is 2.66. The van der Waals surface area contributed by atoms with Crippen molar-refractivity contribution in [1.82, 2.24) is 16.0 Å². The predicted octanol–water partition coefficient (Wildman–Crippen LogP) is 1.41. The molecule has 10 heteroatoms. The van der Waals surface area contributed by atoms with E-state index in [-0.39, 0.29) is 29.6 Å². The summed E-state index contributed by atoms with van der Waals surface area (Å²) in [6, 6.07) is -2.05. The number of amides is 3. The molecule has 3 atom stereocenters. The maximum absolute atomic E-state index is 12.6. The van der Waals surface area contributed by atoms with Crippen LogP contribution < -0.4 is 16.0 Å². The van der Waals surface area contributed by atoms with E-state index < -0.39 is 35.9 Å². The van der Waals surface area contributed by atoms with Gasteiger partial charge in [-0.3, -0.25) is 9.59 Å². The molecule has 0 radical (unpaired) electrons. The summed E-state index contributed by atoms with van der Waals surface area (Å²) in [4.78, 5) is 48.2. The first-order valence-electron chi connectivity index (χ1n) is 11.2. The second kappa shape index (κ2) is 12.0. The Morgan fingerprint density at radius 3 is 1.97 bits per heavy atom. The molecule has 0 unspecified atom stereocenters. The topological polar surface area (TPSA) is 154 Å². The van der Waals surface area contributed by atoms with Gasteiger partial charge in [0.15, 0.2) is 6.04 Å². The molecule has 1 aliphatic rings. The van der Waals surface area contributed by atoms with E-state index in [9.17, 15) is 24.3 Å². The standard InChI is InChI=1S/C22H39N3O7/c1-12(2)16(25-21(31)32-22(4,5)6)19(28)23-11-14-7-9-15(10-8-14)18(27)24-17(13(3)26)20(29)30/h12-17,26H,7-11H2,1-6H3,(H,23,28)(H,24,27)(H,25,31)(H,29,30)/t13-,14?,15?,16+,17+/m1/s1. The van der Waals surface area contributed by atoms with Crippen LogP contribution in [0.5, 0.6) is 0 Å². The van der Waals surface area contributed by atoms with Gasteiger partial charge in [-0.15, -0.1) is 0 Å². The van der Waals surface area contributed by atoms with Gasteiger partial charge in [-0.05, 0) is 65.2 Å². The molecule has 0 aromatic heterocycles. The van der Waals surface area contributed by atoms with E-state index in [1.807, 2.05) is 13.8 Å². The normalized spacial score (nSPS) is 21.8. The molecule has 0 bridgehead atoms. The largest absolute Gasteiger partial charge is 0.480 e. The molecule has 0 aliphatic heterocycles. The number of alkyl carbamates (subject to hydrolysis) is 1. The van der Waals surface area contributed by atoms with E-state index in [0.29, 0.717) is 32.2 Å². The van der Waals surface area contributed by atoms with Gasteiger partial charge in [0.2, 0.25) is 11.8 Å². The van der Waals surface area contributed by atoms with Crippen LogP contribution in [0.3, 0.4) is 0 Å². The van der Waals surface area contributed by atoms with E-state index in [0.717, 1.165) is 0 Å². The van der Waals surface area contributed by atoms with Crippen molar-refractivity contribution >= 4 is 23.9 Å². The number of nitrogens with one attached hydrogen (secondary N) is 3. The van der Waals surface area contributed by atoms with Crippen molar-refractivity contribution in [3.05, 3.63) is 0 Å². The molecule has 0 spiro atoms. The number of hydrogen-bond donors (Lipinski definition) is 5. The quantitative estimate of drug-likeness (QED) is 0.351. The Hall–Kier alpha value is -2.36. The Bertz CT molecular complexity index is 665. The molecule has 10 nitrogen and oxygen atoms in total. The van der Waals surface area contributed by atoms with Crippen LogP contribution in [-0.2, 0) is 19.1 Å². The molecule has 1 aliphatic carbocycles. The van der Waals surface area contributed by atoms with Crippen LogP contribution in [-0.4, -0.2) is 64.4 Å². The van der Waals surface area contributed by atoms with Gasteiger partial charge in [0.25, 0.3) is 0 Å². The van der Waals surface area contributed by atoms with Crippen LogP contribution in [0.15, 0.2) is 0 Å². The zero-order valence-electron chi connectivity index (χ0n) is 19.9. The van der Waals surface area contributed by atoms with Crippen molar-refractivity contribution in [2.45, 2.75) is 91.0 Å². The van der Waals surface area contributed by atoms with Gasteiger partial charge >= 0.3 is 12.1 Å². The first-order chi connectivity index (χ1) is 14.7. The summed E-state index contributed by atoms with van der Waals surface area (Å²) in [6.07, 6.45) is 0.721. The molecule has 1 saturated carbocycles. The third-order valence-electron chi connectivity index (χ3n) is 5.45. The fourth-order valence-corrected chi connectivity index (χ4v) is 3.61. The highest BCUT2D eigenvalue weighted by Gasteiger charge is 2.32. The zero-order chi connectivity index (χ0) is 24.6. The van der Waals surface area contributed by atoms with Gasteiger partial charge in [-0.2, -0.15) is 0 Å². The number of carboxylic acids is 1. The smallest absolute Gasteiger partial charge is 0.408 e. The lowest BCUT2D eigenvalue weighted by molar-refractivity contribution is -0.145. The Morgan fingerprint density at radius 2 is 1.53 bits per heavy atom. The summed E-state index contributed by atoms with van der Waals surface area (Å²) in [5.41, 5.74) is -0.660. The third kappa shape index (κ3) is 9.42. The first kappa shape index (κ1) is 27.7. The number of aliphatic carboxylic acids is 1. The molecular formula is C22H39N3O7. The second-order valence-electron chi connectivity index (χ2n) is 9.90. The molecule has 0 aromatic carbocycles. The van der Waals surface area contributed by atoms with E-state index in [1.165, 1.54) is 6.92 Å². The fraction of sp³-hybridized carbons (Fsp3) is 0.818. The van der Waals surface area contributed by atoms with E-state index in [4.69, 9.17) is 9.84 Å². The van der Waals surface area contributed by atoms with Crippen molar-refractivity contribution < 1.29 is 34.1 Å². The van der Waals surface area contributed by atoms with E-state index in [1.54, 1.807) is 20.8 Å². The lowest BCUT2D eigenvalue weighted by Gasteiger charge is -2.30. The maximum Gasteiger partial charge on any atom is 0.408 e. The maximum atomic E-state index is 12.6. The number of aliphatic hydroxyl groups is 1.